The molecule has 0 aliphatic heterocycles. The number of pyridine rings is 1. The lowest BCUT2D eigenvalue weighted by molar-refractivity contribution is 0.505. The van der Waals surface area contributed by atoms with Crippen molar-refractivity contribution in [3.8, 4) is 0 Å². The molecule has 0 atom stereocenters. The Labute approximate surface area is 82.2 Å². The van der Waals surface area contributed by atoms with Crippen molar-refractivity contribution in [2.24, 2.45) is 0 Å². The Morgan fingerprint density at radius 2 is 1.62 bits per heavy atom. The molecule has 1 heteroatoms. The van der Waals surface area contributed by atoms with E-state index in [1.807, 2.05) is 26.2 Å². The van der Waals surface area contributed by atoms with Crippen LogP contribution in [0.15, 0.2) is 24.5 Å². The average molecular weight is 179 g/mol. The second kappa shape index (κ2) is 5.74. The predicted molar refractivity (Wildman–Crippen MR) is 58.9 cm³/mol. The van der Waals surface area contributed by atoms with Gasteiger partial charge >= 0.3 is 0 Å². The molecule has 0 saturated heterocycles. The zero-order valence-electron chi connectivity index (χ0n) is 9.46. The molecule has 13 heavy (non-hydrogen) atoms. The Morgan fingerprint density at radius 3 is 2.00 bits per heavy atom. The van der Waals surface area contributed by atoms with Gasteiger partial charge < -0.3 is 0 Å². The van der Waals surface area contributed by atoms with Gasteiger partial charge in [-0.1, -0.05) is 34.6 Å². The van der Waals surface area contributed by atoms with E-state index in [4.69, 9.17) is 0 Å². The van der Waals surface area contributed by atoms with Gasteiger partial charge in [0, 0.05) is 12.4 Å². The van der Waals surface area contributed by atoms with E-state index < -0.39 is 0 Å². The molecule has 0 N–H and O–H groups in total. The molecular formula is C12H21N. The third-order valence-electron chi connectivity index (χ3n) is 2.35. The van der Waals surface area contributed by atoms with E-state index in [9.17, 15) is 0 Å². The monoisotopic (exact) mass is 179 g/mol. The molecule has 1 aromatic rings. The number of hydrogen-bond acceptors (Lipinski definition) is 1. The molecule has 0 fully saturated rings. The summed E-state index contributed by atoms with van der Waals surface area (Å²) < 4.78 is 0. The predicted octanol–water partition coefficient (Wildman–Crippen LogP) is 3.80. The van der Waals surface area contributed by atoms with E-state index in [0.717, 1.165) is 6.42 Å². The van der Waals surface area contributed by atoms with E-state index in [2.05, 4.69) is 37.9 Å². The minimum atomic E-state index is 0.295. The molecule has 1 heterocycles. The molecule has 0 bridgehead atoms. The number of aromatic nitrogens is 1. The highest BCUT2D eigenvalue weighted by Gasteiger charge is 2.16. The van der Waals surface area contributed by atoms with Crippen LogP contribution in [0, 0.1) is 0 Å². The molecule has 0 unspecified atom stereocenters. The first kappa shape index (κ1) is 12.2. The van der Waals surface area contributed by atoms with Crippen molar-refractivity contribution < 1.29 is 0 Å². The molecule has 1 rings (SSSR count). The normalized spacial score (nSPS) is 10.2. The Kier molecular flexibility index (Phi) is 5.36. The summed E-state index contributed by atoms with van der Waals surface area (Å²) in [4.78, 5) is 3.99. The highest BCUT2D eigenvalue weighted by Crippen LogP contribution is 2.25. The van der Waals surface area contributed by atoms with Crippen molar-refractivity contribution >= 4 is 0 Å². The van der Waals surface area contributed by atoms with E-state index in [0.29, 0.717) is 5.41 Å². The van der Waals surface area contributed by atoms with Crippen LogP contribution in [0.2, 0.25) is 0 Å². The van der Waals surface area contributed by atoms with Crippen LogP contribution >= 0.6 is 0 Å². The van der Waals surface area contributed by atoms with Crippen LogP contribution in [-0.2, 0) is 5.41 Å². The zero-order valence-corrected chi connectivity index (χ0v) is 9.46. The highest BCUT2D eigenvalue weighted by molar-refractivity contribution is 5.19. The summed E-state index contributed by atoms with van der Waals surface area (Å²) in [6.45, 7) is 10.7. The Balaban J connectivity index is 0.000000671. The van der Waals surface area contributed by atoms with Gasteiger partial charge in [0.15, 0.2) is 0 Å². The Bertz CT molecular complexity index is 214. The van der Waals surface area contributed by atoms with Gasteiger partial charge in [0.2, 0.25) is 0 Å². The van der Waals surface area contributed by atoms with Crippen molar-refractivity contribution in [3.63, 3.8) is 0 Å². The summed E-state index contributed by atoms with van der Waals surface area (Å²) in [5.74, 6) is 0. The van der Waals surface area contributed by atoms with Crippen molar-refractivity contribution in [1.29, 1.82) is 0 Å². The van der Waals surface area contributed by atoms with Crippen molar-refractivity contribution in [1.82, 2.24) is 4.98 Å². The maximum absolute atomic E-state index is 3.99. The van der Waals surface area contributed by atoms with Crippen LogP contribution in [0.4, 0.5) is 0 Å². The van der Waals surface area contributed by atoms with Gasteiger partial charge in [-0.3, -0.25) is 4.98 Å². The largest absolute Gasteiger partial charge is 0.265 e. The van der Waals surface area contributed by atoms with E-state index in [-0.39, 0.29) is 0 Å². The van der Waals surface area contributed by atoms with Crippen LogP contribution < -0.4 is 0 Å². The first-order valence-electron chi connectivity index (χ1n) is 5.07. The first-order chi connectivity index (χ1) is 6.17. The SMILES string of the molecule is CC.CCC(C)(C)c1ccncc1. The minimum absolute atomic E-state index is 0.295. The molecule has 1 nitrogen and oxygen atoms in total. The standard InChI is InChI=1S/C10H15N.C2H6/c1-4-10(2,3)9-5-7-11-8-6-9;1-2/h5-8H,4H2,1-3H3;1-2H3. The molecule has 0 saturated carbocycles. The van der Waals surface area contributed by atoms with Crippen LogP contribution in [0.25, 0.3) is 0 Å². The summed E-state index contributed by atoms with van der Waals surface area (Å²) in [6, 6.07) is 4.17. The molecule has 0 spiro atoms. The highest BCUT2D eigenvalue weighted by atomic mass is 14.6. The van der Waals surface area contributed by atoms with Gasteiger partial charge in [-0.2, -0.15) is 0 Å². The molecule has 0 aliphatic rings. The van der Waals surface area contributed by atoms with Crippen LogP contribution in [0.5, 0.6) is 0 Å². The summed E-state index contributed by atoms with van der Waals surface area (Å²) in [5, 5.41) is 0. The molecule has 0 radical (unpaired) electrons. The Hall–Kier alpha value is -0.850. The molecule has 0 amide bonds. The Morgan fingerprint density at radius 1 is 1.15 bits per heavy atom. The van der Waals surface area contributed by atoms with Gasteiger partial charge in [-0.15, -0.1) is 0 Å². The van der Waals surface area contributed by atoms with Gasteiger partial charge in [-0.05, 0) is 29.5 Å². The maximum atomic E-state index is 3.99. The average Bonchev–Trinajstić information content (AvgIpc) is 2.22. The van der Waals surface area contributed by atoms with Crippen molar-refractivity contribution in [2.75, 3.05) is 0 Å². The molecule has 0 aromatic carbocycles. The van der Waals surface area contributed by atoms with Crippen LogP contribution in [0.1, 0.15) is 46.6 Å². The third kappa shape index (κ3) is 3.58. The van der Waals surface area contributed by atoms with E-state index in [1.165, 1.54) is 5.56 Å². The van der Waals surface area contributed by atoms with Gasteiger partial charge in [0.05, 0.1) is 0 Å². The van der Waals surface area contributed by atoms with Gasteiger partial charge in [-0.25, -0.2) is 0 Å². The van der Waals surface area contributed by atoms with Crippen molar-refractivity contribution in [2.45, 2.75) is 46.5 Å². The third-order valence-corrected chi connectivity index (χ3v) is 2.35. The van der Waals surface area contributed by atoms with Gasteiger partial charge in [0.1, 0.15) is 0 Å². The summed E-state index contributed by atoms with van der Waals surface area (Å²) in [5.41, 5.74) is 1.66. The van der Waals surface area contributed by atoms with Crippen molar-refractivity contribution in [3.05, 3.63) is 30.1 Å². The number of rotatable bonds is 2. The minimum Gasteiger partial charge on any atom is -0.265 e. The fraction of sp³-hybridized carbons (Fsp3) is 0.583. The van der Waals surface area contributed by atoms with E-state index in [1.54, 1.807) is 0 Å². The van der Waals surface area contributed by atoms with Gasteiger partial charge in [0.25, 0.3) is 0 Å². The molecule has 1 aromatic heterocycles. The smallest absolute Gasteiger partial charge is 0.0270 e. The summed E-state index contributed by atoms with van der Waals surface area (Å²) in [6.07, 6.45) is 4.87. The first-order valence-corrected chi connectivity index (χ1v) is 5.07. The quantitative estimate of drug-likeness (QED) is 0.673. The maximum Gasteiger partial charge on any atom is 0.0270 e. The molecule has 0 aliphatic carbocycles. The lowest BCUT2D eigenvalue weighted by Gasteiger charge is -2.22. The summed E-state index contributed by atoms with van der Waals surface area (Å²) in [7, 11) is 0. The van der Waals surface area contributed by atoms with E-state index >= 15 is 0 Å². The molecule has 74 valence electrons. The lowest BCUT2D eigenvalue weighted by Crippen LogP contribution is -2.14. The molecular weight excluding hydrogens is 158 g/mol. The number of nitrogens with zero attached hydrogens (tertiary/aromatic N) is 1. The fourth-order valence-corrected chi connectivity index (χ4v) is 1.01. The second-order valence-electron chi connectivity index (χ2n) is 3.47. The topological polar surface area (TPSA) is 12.9 Å². The fourth-order valence-electron chi connectivity index (χ4n) is 1.01. The second-order valence-corrected chi connectivity index (χ2v) is 3.47. The lowest BCUT2D eigenvalue weighted by atomic mass is 9.83. The van der Waals surface area contributed by atoms with Crippen LogP contribution in [0.3, 0.4) is 0 Å². The number of hydrogen-bond donors (Lipinski definition) is 0. The van der Waals surface area contributed by atoms with Crippen LogP contribution in [-0.4, -0.2) is 4.98 Å². The summed E-state index contributed by atoms with van der Waals surface area (Å²) >= 11 is 0. The zero-order chi connectivity index (χ0) is 10.3.